The van der Waals surface area contributed by atoms with Gasteiger partial charge < -0.3 is 9.73 Å². The quantitative estimate of drug-likeness (QED) is 0.529. The Kier molecular flexibility index (Phi) is 6.28. The fourth-order valence-electron chi connectivity index (χ4n) is 3.09. The van der Waals surface area contributed by atoms with E-state index >= 15 is 0 Å². The summed E-state index contributed by atoms with van der Waals surface area (Å²) in [6.45, 7) is 4.13. The average molecular weight is 457 g/mol. The Hall–Kier alpha value is -2.85. The lowest BCUT2D eigenvalue weighted by molar-refractivity contribution is -0.126. The number of rotatable bonds is 6. The van der Waals surface area contributed by atoms with Crippen LogP contribution in [0.2, 0.25) is 0 Å². The van der Waals surface area contributed by atoms with E-state index in [0.717, 1.165) is 11.1 Å². The summed E-state index contributed by atoms with van der Waals surface area (Å²) in [6, 6.07) is 9.05. The number of nitrogens with zero attached hydrogens (tertiary/aromatic N) is 3. The molecule has 1 atom stereocenters. The Balaban J connectivity index is 1.54. The van der Waals surface area contributed by atoms with Crippen LogP contribution in [0, 0.1) is 13.8 Å². The Morgan fingerprint density at radius 1 is 1.23 bits per heavy atom. The molecule has 1 unspecified atom stereocenters. The first-order chi connectivity index (χ1) is 14.9. The van der Waals surface area contributed by atoms with Crippen LogP contribution in [0.5, 0.6) is 0 Å². The van der Waals surface area contributed by atoms with E-state index in [4.69, 9.17) is 4.42 Å². The molecule has 8 nitrogen and oxygen atoms in total. The Bertz CT molecular complexity index is 1090. The van der Waals surface area contributed by atoms with Crippen molar-refractivity contribution < 1.29 is 18.8 Å². The number of aryl methyl sites for hydroxylation is 2. The second-order valence-corrected chi connectivity index (χ2v) is 9.30. The van der Waals surface area contributed by atoms with Crippen molar-refractivity contribution in [3.63, 3.8) is 0 Å². The standard InChI is InChI=1S/C21H20N4O4S2/c1-12-5-6-14(8-13(12)2)16(26)9-17-19(28)25(10-15-4-3-7-29-15)21(31-17)24-23-20-22-18(27)11-30-20/h3-8,17H,9-11H2,1-2H3,(H,22,23,27). The predicted octanol–water partition coefficient (Wildman–Crippen LogP) is 3.10. The number of carbonyl (C=O) groups excluding carboxylic acids is 3. The molecule has 2 saturated heterocycles. The zero-order valence-electron chi connectivity index (χ0n) is 17.0. The number of amides is 2. The molecule has 0 spiro atoms. The van der Waals surface area contributed by atoms with Crippen LogP contribution < -0.4 is 5.32 Å². The third kappa shape index (κ3) is 4.91. The topological polar surface area (TPSA) is 104 Å². The molecule has 31 heavy (non-hydrogen) atoms. The number of benzene rings is 1. The molecule has 2 fully saturated rings. The molecule has 4 rings (SSSR count). The lowest BCUT2D eigenvalue weighted by Crippen LogP contribution is -2.32. The minimum atomic E-state index is -0.603. The molecule has 2 aliphatic heterocycles. The number of ketones is 1. The van der Waals surface area contributed by atoms with Gasteiger partial charge >= 0.3 is 0 Å². The molecule has 1 aromatic carbocycles. The van der Waals surface area contributed by atoms with Crippen LogP contribution >= 0.6 is 23.5 Å². The van der Waals surface area contributed by atoms with Crippen molar-refractivity contribution in [3.8, 4) is 0 Å². The minimum Gasteiger partial charge on any atom is -0.467 e. The summed E-state index contributed by atoms with van der Waals surface area (Å²) in [4.78, 5) is 38.7. The number of hydrogen-bond donors (Lipinski definition) is 1. The van der Waals surface area contributed by atoms with E-state index in [2.05, 4.69) is 15.5 Å². The van der Waals surface area contributed by atoms with Crippen LogP contribution in [-0.4, -0.2) is 43.8 Å². The lowest BCUT2D eigenvalue weighted by Gasteiger charge is -2.14. The van der Waals surface area contributed by atoms with E-state index < -0.39 is 5.25 Å². The maximum absolute atomic E-state index is 13.1. The highest BCUT2D eigenvalue weighted by Crippen LogP contribution is 2.32. The largest absolute Gasteiger partial charge is 0.467 e. The highest BCUT2D eigenvalue weighted by molar-refractivity contribution is 8.15. The predicted molar refractivity (Wildman–Crippen MR) is 121 cm³/mol. The van der Waals surface area contributed by atoms with Crippen molar-refractivity contribution in [1.82, 2.24) is 10.2 Å². The van der Waals surface area contributed by atoms with Gasteiger partial charge in [-0.05, 0) is 43.2 Å². The smallest absolute Gasteiger partial charge is 0.243 e. The molecular weight excluding hydrogens is 436 g/mol. The molecule has 160 valence electrons. The van der Waals surface area contributed by atoms with E-state index in [1.807, 2.05) is 26.0 Å². The Labute approximate surface area is 187 Å². The zero-order chi connectivity index (χ0) is 22.0. The maximum Gasteiger partial charge on any atom is 0.243 e. The third-order valence-electron chi connectivity index (χ3n) is 4.93. The highest BCUT2D eigenvalue weighted by Gasteiger charge is 2.40. The van der Waals surface area contributed by atoms with Gasteiger partial charge in [-0.3, -0.25) is 19.3 Å². The van der Waals surface area contributed by atoms with E-state index in [0.29, 0.717) is 27.4 Å². The SMILES string of the molecule is Cc1ccc(C(=O)CC2SC(=NN=C3NC(=O)CS3)N(Cc3ccco3)C2=O)cc1C. The molecule has 0 bridgehead atoms. The van der Waals surface area contributed by atoms with Gasteiger partial charge in [0.05, 0.1) is 23.8 Å². The van der Waals surface area contributed by atoms with Crippen molar-refractivity contribution in [1.29, 1.82) is 0 Å². The summed E-state index contributed by atoms with van der Waals surface area (Å²) in [5.41, 5.74) is 2.73. The molecular formula is C21H20N4O4S2. The zero-order valence-corrected chi connectivity index (χ0v) is 18.6. The van der Waals surface area contributed by atoms with E-state index in [1.54, 1.807) is 18.2 Å². The molecule has 2 aliphatic rings. The van der Waals surface area contributed by atoms with Gasteiger partial charge in [-0.15, -0.1) is 10.2 Å². The van der Waals surface area contributed by atoms with Gasteiger partial charge in [-0.2, -0.15) is 0 Å². The molecule has 1 aromatic heterocycles. The highest BCUT2D eigenvalue weighted by atomic mass is 32.2. The van der Waals surface area contributed by atoms with Crippen LogP contribution in [0.15, 0.2) is 51.2 Å². The molecule has 0 aliphatic carbocycles. The van der Waals surface area contributed by atoms with Gasteiger partial charge in [-0.1, -0.05) is 35.7 Å². The van der Waals surface area contributed by atoms with Crippen LogP contribution in [0.1, 0.15) is 33.7 Å². The second-order valence-electron chi connectivity index (χ2n) is 7.16. The molecule has 10 heteroatoms. The maximum atomic E-state index is 13.1. The van der Waals surface area contributed by atoms with Crippen molar-refractivity contribution in [2.24, 2.45) is 10.2 Å². The average Bonchev–Trinajstić information content (AvgIpc) is 3.47. The van der Waals surface area contributed by atoms with E-state index in [-0.39, 0.29) is 30.6 Å². The number of carbonyl (C=O) groups is 3. The molecule has 0 radical (unpaired) electrons. The van der Waals surface area contributed by atoms with Gasteiger partial charge in [0, 0.05) is 12.0 Å². The van der Waals surface area contributed by atoms with Crippen molar-refractivity contribution in [3.05, 3.63) is 59.0 Å². The minimum absolute atomic E-state index is 0.0573. The van der Waals surface area contributed by atoms with Crippen molar-refractivity contribution in [2.45, 2.75) is 32.1 Å². The number of Topliss-reactive ketones (excluding diaryl/α,β-unsaturated/α-hetero) is 1. The summed E-state index contributed by atoms with van der Waals surface area (Å²) in [7, 11) is 0. The van der Waals surface area contributed by atoms with Crippen molar-refractivity contribution in [2.75, 3.05) is 5.75 Å². The fraction of sp³-hybridized carbons (Fsp3) is 0.286. The van der Waals surface area contributed by atoms with E-state index in [9.17, 15) is 14.4 Å². The van der Waals surface area contributed by atoms with Gasteiger partial charge in [-0.25, -0.2) is 0 Å². The van der Waals surface area contributed by atoms with Crippen LogP contribution in [0.4, 0.5) is 0 Å². The van der Waals surface area contributed by atoms with Gasteiger partial charge in [0.25, 0.3) is 0 Å². The number of furan rings is 1. The summed E-state index contributed by atoms with van der Waals surface area (Å²) in [5.74, 6) is 0.431. The molecule has 1 N–H and O–H groups in total. The fourth-order valence-corrected chi connectivity index (χ4v) is 4.80. The number of thioether (sulfide) groups is 2. The van der Waals surface area contributed by atoms with Crippen LogP contribution in [0.3, 0.4) is 0 Å². The normalized spacial score (nSPS) is 21.4. The van der Waals surface area contributed by atoms with Crippen molar-refractivity contribution >= 4 is 51.5 Å². The Morgan fingerprint density at radius 2 is 2.06 bits per heavy atom. The second kappa shape index (κ2) is 9.11. The monoisotopic (exact) mass is 456 g/mol. The number of amidine groups is 2. The molecule has 2 amide bonds. The molecule has 3 heterocycles. The van der Waals surface area contributed by atoms with Gasteiger partial charge in [0.1, 0.15) is 5.76 Å². The summed E-state index contributed by atoms with van der Waals surface area (Å²) < 4.78 is 5.37. The molecule has 2 aromatic rings. The third-order valence-corrected chi connectivity index (χ3v) is 6.96. The summed E-state index contributed by atoms with van der Waals surface area (Å²) >= 11 is 2.45. The van der Waals surface area contributed by atoms with Crippen LogP contribution in [0.25, 0.3) is 0 Å². The summed E-state index contributed by atoms with van der Waals surface area (Å²) in [5, 5.41) is 11.0. The molecule has 0 saturated carbocycles. The number of hydrogen-bond acceptors (Lipinski definition) is 8. The first-order valence-corrected chi connectivity index (χ1v) is 11.5. The van der Waals surface area contributed by atoms with Gasteiger partial charge in [0.15, 0.2) is 16.1 Å². The van der Waals surface area contributed by atoms with E-state index in [1.165, 1.54) is 34.7 Å². The first kappa shape index (κ1) is 21.4. The Morgan fingerprint density at radius 3 is 2.74 bits per heavy atom. The number of nitrogens with one attached hydrogen (secondary N) is 1. The van der Waals surface area contributed by atoms with Gasteiger partial charge in [0.2, 0.25) is 11.8 Å². The lowest BCUT2D eigenvalue weighted by atomic mass is 10.0. The first-order valence-electron chi connectivity index (χ1n) is 9.60. The summed E-state index contributed by atoms with van der Waals surface area (Å²) in [6.07, 6.45) is 1.59. The van der Waals surface area contributed by atoms with Crippen LogP contribution in [-0.2, 0) is 16.1 Å².